The molecule has 4 nitrogen and oxygen atoms in total. The first kappa shape index (κ1) is 15.5. The molecule has 4 saturated carbocycles. The van der Waals surface area contributed by atoms with Crippen molar-refractivity contribution in [2.75, 3.05) is 13.2 Å². The van der Waals surface area contributed by atoms with Crippen molar-refractivity contribution in [2.24, 2.45) is 23.2 Å². The first-order valence-electron chi connectivity index (χ1n) is 9.13. The van der Waals surface area contributed by atoms with Gasteiger partial charge in [0.25, 0.3) is 0 Å². The number of carboxylic acids is 1. The van der Waals surface area contributed by atoms with Gasteiger partial charge >= 0.3 is 5.97 Å². The molecule has 1 aliphatic heterocycles. The van der Waals surface area contributed by atoms with Gasteiger partial charge in [0.1, 0.15) is 12.2 Å². The number of carbonyl (C=O) groups is 1. The highest BCUT2D eigenvalue weighted by atomic mass is 16.6. The molecule has 0 aromatic heterocycles. The lowest BCUT2D eigenvalue weighted by Gasteiger charge is -2.57. The number of rotatable bonds is 6. The van der Waals surface area contributed by atoms with Crippen LogP contribution in [0.3, 0.4) is 0 Å². The summed E-state index contributed by atoms with van der Waals surface area (Å²) in [7, 11) is 0. The molecule has 23 heavy (non-hydrogen) atoms. The monoisotopic (exact) mass is 320 g/mol. The maximum atomic E-state index is 11.7. The minimum Gasteiger partial charge on any atom is -0.498 e. The molecule has 0 radical (unpaired) electrons. The van der Waals surface area contributed by atoms with E-state index in [0.29, 0.717) is 18.6 Å². The third kappa shape index (κ3) is 3.02. The molecular weight excluding hydrogens is 292 g/mol. The van der Waals surface area contributed by atoms with Crippen LogP contribution in [0.4, 0.5) is 0 Å². The van der Waals surface area contributed by atoms with Crippen LogP contribution in [0.15, 0.2) is 11.8 Å². The quantitative estimate of drug-likeness (QED) is 0.598. The summed E-state index contributed by atoms with van der Waals surface area (Å²) < 4.78 is 11.1. The minimum absolute atomic E-state index is 0.221. The lowest BCUT2D eigenvalue weighted by molar-refractivity contribution is -0.159. The maximum absolute atomic E-state index is 11.7. The van der Waals surface area contributed by atoms with E-state index in [1.807, 2.05) is 6.92 Å². The Morgan fingerprint density at radius 3 is 2.22 bits per heavy atom. The summed E-state index contributed by atoms with van der Waals surface area (Å²) in [4.78, 5) is 11.7. The first-order chi connectivity index (χ1) is 11.0. The van der Waals surface area contributed by atoms with Crippen LogP contribution in [0.25, 0.3) is 0 Å². The van der Waals surface area contributed by atoms with Crippen LogP contribution < -0.4 is 0 Å². The summed E-state index contributed by atoms with van der Waals surface area (Å²) in [6.45, 7) is 3.25. The predicted molar refractivity (Wildman–Crippen MR) is 85.9 cm³/mol. The topological polar surface area (TPSA) is 55.8 Å². The van der Waals surface area contributed by atoms with E-state index in [2.05, 4.69) is 0 Å². The zero-order valence-electron chi connectivity index (χ0n) is 14.1. The molecular formula is C19H28O4. The molecule has 5 aliphatic rings. The van der Waals surface area contributed by atoms with Crippen molar-refractivity contribution in [3.05, 3.63) is 11.8 Å². The molecule has 4 bridgehead atoms. The fraction of sp³-hybridized carbons (Fsp3) is 0.842. The Balaban J connectivity index is 1.43. The van der Waals surface area contributed by atoms with Crippen LogP contribution in [0.5, 0.6) is 0 Å². The Hall–Kier alpha value is -1.03. The molecule has 0 aromatic carbocycles. The Morgan fingerprint density at radius 2 is 1.78 bits per heavy atom. The van der Waals surface area contributed by atoms with Crippen molar-refractivity contribution in [1.82, 2.24) is 0 Å². The fourth-order valence-corrected chi connectivity index (χ4v) is 5.96. The second-order valence-electron chi connectivity index (χ2n) is 8.90. The highest BCUT2D eigenvalue weighted by Gasteiger charge is 2.51. The maximum Gasteiger partial charge on any atom is 0.334 e. The normalized spacial score (nSPS) is 44.9. The van der Waals surface area contributed by atoms with E-state index < -0.39 is 5.97 Å². The standard InChI is InChI=1S/C19H28O4/c1-18(2-3-23-18)12-22-11-16(17(20)21)10-19-7-13-4-14(8-19)6-15(5-13)9-19/h11,13-15H,2-10,12H2,1H3,(H,20,21). The summed E-state index contributed by atoms with van der Waals surface area (Å²) in [5, 5.41) is 9.60. The van der Waals surface area contributed by atoms with Gasteiger partial charge in [0.05, 0.1) is 18.4 Å². The average Bonchev–Trinajstić information content (AvgIpc) is 2.42. The Kier molecular flexibility index (Phi) is 3.71. The van der Waals surface area contributed by atoms with E-state index in [0.717, 1.165) is 30.8 Å². The minimum atomic E-state index is -0.819. The van der Waals surface area contributed by atoms with E-state index in [1.54, 1.807) is 0 Å². The summed E-state index contributed by atoms with van der Waals surface area (Å²) >= 11 is 0. The molecule has 5 rings (SSSR count). The second kappa shape index (κ2) is 5.51. The van der Waals surface area contributed by atoms with Crippen molar-refractivity contribution in [1.29, 1.82) is 0 Å². The van der Waals surface area contributed by atoms with Gasteiger partial charge in [-0.2, -0.15) is 0 Å². The molecule has 0 spiro atoms. The van der Waals surface area contributed by atoms with Gasteiger partial charge < -0.3 is 14.6 Å². The third-order valence-electron chi connectivity index (χ3n) is 6.70. The molecule has 1 saturated heterocycles. The number of aliphatic carboxylic acids is 1. The molecule has 4 aliphatic carbocycles. The highest BCUT2D eigenvalue weighted by Crippen LogP contribution is 2.62. The Labute approximate surface area is 138 Å². The van der Waals surface area contributed by atoms with Gasteiger partial charge in [0, 0.05) is 6.42 Å². The van der Waals surface area contributed by atoms with Gasteiger partial charge in [-0.1, -0.05) is 0 Å². The molecule has 0 aromatic rings. The van der Waals surface area contributed by atoms with Crippen molar-refractivity contribution in [3.63, 3.8) is 0 Å². The number of hydrogen-bond donors (Lipinski definition) is 1. The van der Waals surface area contributed by atoms with Gasteiger partial charge in [-0.05, 0) is 75.0 Å². The summed E-state index contributed by atoms with van der Waals surface area (Å²) in [6.07, 6.45) is 11.0. The van der Waals surface area contributed by atoms with E-state index >= 15 is 0 Å². The van der Waals surface area contributed by atoms with Crippen molar-refractivity contribution in [2.45, 2.75) is 63.9 Å². The number of ether oxygens (including phenoxy) is 2. The van der Waals surface area contributed by atoms with Crippen molar-refractivity contribution >= 4 is 5.97 Å². The SMILES string of the molecule is CC1(COC=C(CC23CC4CC(CC(C4)C2)C3)C(=O)O)CCO1. The summed E-state index contributed by atoms with van der Waals surface area (Å²) in [5.41, 5.74) is 0.467. The van der Waals surface area contributed by atoms with E-state index in [9.17, 15) is 9.90 Å². The van der Waals surface area contributed by atoms with Gasteiger partial charge in [-0.3, -0.25) is 0 Å². The molecule has 1 heterocycles. The molecule has 5 fully saturated rings. The molecule has 0 amide bonds. The van der Waals surface area contributed by atoms with Crippen molar-refractivity contribution in [3.8, 4) is 0 Å². The Bertz CT molecular complexity index is 482. The highest BCUT2D eigenvalue weighted by molar-refractivity contribution is 5.86. The molecule has 128 valence electrons. The van der Waals surface area contributed by atoms with Crippen LogP contribution in [-0.2, 0) is 14.3 Å². The zero-order chi connectivity index (χ0) is 16.1. The molecule has 4 heteroatoms. The van der Waals surface area contributed by atoms with Crippen LogP contribution in [-0.4, -0.2) is 29.9 Å². The fourth-order valence-electron chi connectivity index (χ4n) is 5.96. The van der Waals surface area contributed by atoms with Crippen LogP contribution in [0.2, 0.25) is 0 Å². The van der Waals surface area contributed by atoms with Crippen LogP contribution in [0.1, 0.15) is 58.3 Å². The lowest BCUT2D eigenvalue weighted by Crippen LogP contribution is -2.46. The molecule has 1 N–H and O–H groups in total. The molecule has 1 unspecified atom stereocenters. The zero-order valence-corrected chi connectivity index (χ0v) is 14.1. The van der Waals surface area contributed by atoms with E-state index in [1.165, 1.54) is 44.8 Å². The average molecular weight is 320 g/mol. The summed E-state index contributed by atoms with van der Waals surface area (Å²) in [5.74, 6) is 1.72. The van der Waals surface area contributed by atoms with Crippen LogP contribution in [0, 0.1) is 23.2 Å². The van der Waals surface area contributed by atoms with Crippen molar-refractivity contribution < 1.29 is 19.4 Å². The lowest BCUT2D eigenvalue weighted by atomic mass is 9.48. The largest absolute Gasteiger partial charge is 0.498 e. The van der Waals surface area contributed by atoms with Gasteiger partial charge in [-0.15, -0.1) is 0 Å². The predicted octanol–water partition coefficient (Wildman–Crippen LogP) is 3.76. The number of carboxylic acid groups (broad SMARTS) is 1. The van der Waals surface area contributed by atoms with Crippen LogP contribution >= 0.6 is 0 Å². The van der Waals surface area contributed by atoms with Gasteiger partial charge in [0.2, 0.25) is 0 Å². The first-order valence-corrected chi connectivity index (χ1v) is 9.13. The van der Waals surface area contributed by atoms with Gasteiger partial charge in [0.15, 0.2) is 0 Å². The molecule has 1 atom stereocenters. The van der Waals surface area contributed by atoms with Gasteiger partial charge in [-0.25, -0.2) is 4.79 Å². The number of hydrogen-bond acceptors (Lipinski definition) is 3. The van der Waals surface area contributed by atoms with E-state index in [-0.39, 0.29) is 11.0 Å². The summed E-state index contributed by atoms with van der Waals surface area (Å²) in [6, 6.07) is 0. The second-order valence-corrected chi connectivity index (χ2v) is 8.90. The third-order valence-corrected chi connectivity index (χ3v) is 6.70. The Morgan fingerprint density at radius 1 is 1.22 bits per heavy atom. The van der Waals surface area contributed by atoms with E-state index in [4.69, 9.17) is 9.47 Å². The smallest absolute Gasteiger partial charge is 0.334 e.